The van der Waals surface area contributed by atoms with Crippen LogP contribution in [0.3, 0.4) is 0 Å². The first kappa shape index (κ1) is 18.6. The largest absolute Gasteiger partial charge is 0.497 e. The number of anilines is 1. The van der Waals surface area contributed by atoms with E-state index in [1.54, 1.807) is 7.11 Å². The fourth-order valence-electron chi connectivity index (χ4n) is 4.42. The molecular weight excluding hydrogens is 374 g/mol. The van der Waals surface area contributed by atoms with Crippen molar-refractivity contribution < 1.29 is 4.74 Å². The van der Waals surface area contributed by atoms with Crippen molar-refractivity contribution in [2.75, 3.05) is 19.4 Å². The summed E-state index contributed by atoms with van der Waals surface area (Å²) in [5, 5.41) is 1.24. The Hall–Kier alpha value is -3.38. The molecule has 0 saturated carbocycles. The number of benzene rings is 2. The molecule has 1 aliphatic rings. The molecule has 1 unspecified atom stereocenters. The summed E-state index contributed by atoms with van der Waals surface area (Å²) in [6, 6.07) is 17.0. The average molecular weight is 399 g/mol. The minimum Gasteiger partial charge on any atom is -0.497 e. The van der Waals surface area contributed by atoms with Gasteiger partial charge < -0.3 is 15.5 Å². The lowest BCUT2D eigenvalue weighted by Gasteiger charge is -2.26. The number of hydrogen-bond donors (Lipinski definition) is 2. The molecule has 0 amide bonds. The van der Waals surface area contributed by atoms with Crippen molar-refractivity contribution in [1.82, 2.24) is 19.9 Å². The van der Waals surface area contributed by atoms with E-state index in [9.17, 15) is 0 Å². The van der Waals surface area contributed by atoms with Crippen LogP contribution in [0.5, 0.6) is 5.75 Å². The Bertz CT molecular complexity index is 1170. The number of fused-ring (bicyclic) bond motifs is 1. The van der Waals surface area contributed by atoms with Gasteiger partial charge in [0.05, 0.1) is 18.8 Å². The van der Waals surface area contributed by atoms with Crippen molar-refractivity contribution in [3.8, 4) is 16.9 Å². The zero-order valence-electron chi connectivity index (χ0n) is 17.0. The van der Waals surface area contributed by atoms with E-state index in [2.05, 4.69) is 51.3 Å². The summed E-state index contributed by atoms with van der Waals surface area (Å²) < 4.78 is 5.30. The van der Waals surface area contributed by atoms with E-state index in [-0.39, 0.29) is 6.04 Å². The maximum absolute atomic E-state index is 6.00. The molecule has 2 aromatic heterocycles. The maximum Gasteiger partial charge on any atom is 0.220 e. The van der Waals surface area contributed by atoms with Crippen molar-refractivity contribution in [2.24, 2.45) is 0 Å². The molecule has 0 spiro atoms. The molecule has 1 saturated heterocycles. The summed E-state index contributed by atoms with van der Waals surface area (Å²) in [6.07, 6.45) is 6.04. The van der Waals surface area contributed by atoms with Gasteiger partial charge in [-0.2, -0.15) is 0 Å². The molecule has 6 nitrogen and oxygen atoms in total. The van der Waals surface area contributed by atoms with Gasteiger partial charge in [-0.15, -0.1) is 0 Å². The molecule has 3 heterocycles. The first-order chi connectivity index (χ1) is 14.7. The number of nitrogens with zero attached hydrogens (tertiary/aromatic N) is 3. The Morgan fingerprint density at radius 1 is 1.17 bits per heavy atom. The molecule has 1 aliphatic heterocycles. The number of nitrogens with two attached hydrogens (primary N) is 1. The Morgan fingerprint density at radius 3 is 2.87 bits per heavy atom. The summed E-state index contributed by atoms with van der Waals surface area (Å²) in [5.74, 6) is 1.15. The molecule has 2 aromatic carbocycles. The maximum atomic E-state index is 6.00. The van der Waals surface area contributed by atoms with Crippen LogP contribution in [0, 0.1) is 0 Å². The van der Waals surface area contributed by atoms with E-state index in [1.165, 1.54) is 16.5 Å². The van der Waals surface area contributed by atoms with Gasteiger partial charge in [0.15, 0.2) is 0 Å². The monoisotopic (exact) mass is 399 g/mol. The Balaban J connectivity index is 1.47. The van der Waals surface area contributed by atoms with Crippen LogP contribution in [0.4, 0.5) is 5.95 Å². The van der Waals surface area contributed by atoms with Crippen molar-refractivity contribution in [3.63, 3.8) is 0 Å². The molecule has 0 bridgehead atoms. The summed E-state index contributed by atoms with van der Waals surface area (Å²) in [7, 11) is 1.67. The van der Waals surface area contributed by atoms with Crippen molar-refractivity contribution in [2.45, 2.75) is 25.4 Å². The molecule has 152 valence electrons. The third kappa shape index (κ3) is 3.50. The Morgan fingerprint density at radius 2 is 2.03 bits per heavy atom. The Labute approximate surface area is 175 Å². The first-order valence-corrected chi connectivity index (χ1v) is 10.3. The third-order valence-electron chi connectivity index (χ3n) is 5.92. The van der Waals surface area contributed by atoms with E-state index in [4.69, 9.17) is 15.5 Å². The van der Waals surface area contributed by atoms with Gasteiger partial charge in [0.1, 0.15) is 5.75 Å². The number of rotatable bonds is 5. The van der Waals surface area contributed by atoms with Gasteiger partial charge in [-0.1, -0.05) is 18.2 Å². The van der Waals surface area contributed by atoms with Gasteiger partial charge >= 0.3 is 0 Å². The molecule has 1 fully saturated rings. The van der Waals surface area contributed by atoms with Crippen LogP contribution in [0.2, 0.25) is 0 Å². The minimum atomic E-state index is 0.217. The smallest absolute Gasteiger partial charge is 0.220 e. The predicted molar refractivity (Wildman–Crippen MR) is 119 cm³/mol. The summed E-state index contributed by atoms with van der Waals surface area (Å²) >= 11 is 0. The molecule has 1 atom stereocenters. The quantitative estimate of drug-likeness (QED) is 0.514. The second-order valence-electron chi connectivity index (χ2n) is 7.78. The zero-order chi connectivity index (χ0) is 20.5. The summed E-state index contributed by atoms with van der Waals surface area (Å²) in [5.41, 5.74) is 11.6. The number of aromatic nitrogens is 3. The molecule has 30 heavy (non-hydrogen) atoms. The van der Waals surface area contributed by atoms with Gasteiger partial charge in [-0.05, 0) is 66.2 Å². The lowest BCUT2D eigenvalue weighted by molar-refractivity contribution is 0.245. The number of hydrogen-bond acceptors (Lipinski definition) is 5. The molecular formula is C24H25N5O. The molecule has 4 aromatic rings. The normalized spacial score (nSPS) is 16.9. The van der Waals surface area contributed by atoms with Crippen LogP contribution in [-0.2, 0) is 6.54 Å². The molecule has 0 radical (unpaired) electrons. The number of H-pyrrole nitrogens is 1. The highest BCUT2D eigenvalue weighted by Gasteiger charge is 2.30. The van der Waals surface area contributed by atoms with E-state index in [0.29, 0.717) is 5.95 Å². The van der Waals surface area contributed by atoms with E-state index in [1.807, 2.05) is 24.5 Å². The van der Waals surface area contributed by atoms with Gasteiger partial charge in [0, 0.05) is 30.0 Å². The van der Waals surface area contributed by atoms with Crippen LogP contribution < -0.4 is 10.5 Å². The minimum absolute atomic E-state index is 0.217. The number of aromatic amines is 1. The second-order valence-corrected chi connectivity index (χ2v) is 7.78. The number of nitrogen functional groups attached to an aromatic ring is 1. The van der Waals surface area contributed by atoms with Gasteiger partial charge in [0.25, 0.3) is 0 Å². The van der Waals surface area contributed by atoms with Crippen LogP contribution in [0.1, 0.15) is 30.1 Å². The average Bonchev–Trinajstić information content (AvgIpc) is 3.43. The molecule has 3 N–H and O–H groups in total. The van der Waals surface area contributed by atoms with Crippen molar-refractivity contribution in [3.05, 3.63) is 72.2 Å². The topological polar surface area (TPSA) is 80.1 Å². The second kappa shape index (κ2) is 7.80. The lowest BCUT2D eigenvalue weighted by Crippen LogP contribution is -2.24. The summed E-state index contributed by atoms with van der Waals surface area (Å²) in [6.45, 7) is 1.93. The van der Waals surface area contributed by atoms with Gasteiger partial charge in [-0.25, -0.2) is 9.97 Å². The number of likely N-dealkylation sites (tertiary alicyclic amines) is 1. The standard InChI is InChI=1S/C24H25N5O/c1-30-19-7-5-17(6-8-19)20-14-27-24(25)28-23(20)22-3-2-12-29(22)15-16-4-9-21-18(13-16)10-11-26-21/h4-11,13-14,22,26H,2-3,12,15H2,1H3,(H2,25,27,28). The number of nitrogens with one attached hydrogen (secondary N) is 1. The molecule has 5 rings (SSSR count). The molecule has 0 aliphatic carbocycles. The van der Waals surface area contributed by atoms with Crippen LogP contribution in [0.15, 0.2) is 60.9 Å². The van der Waals surface area contributed by atoms with Crippen LogP contribution >= 0.6 is 0 Å². The third-order valence-corrected chi connectivity index (χ3v) is 5.92. The lowest BCUT2D eigenvalue weighted by atomic mass is 9.99. The van der Waals surface area contributed by atoms with E-state index in [0.717, 1.165) is 48.5 Å². The highest BCUT2D eigenvalue weighted by molar-refractivity contribution is 5.79. The van der Waals surface area contributed by atoms with Gasteiger partial charge in [0.2, 0.25) is 5.95 Å². The van der Waals surface area contributed by atoms with Crippen LogP contribution in [-0.4, -0.2) is 33.5 Å². The van der Waals surface area contributed by atoms with E-state index < -0.39 is 0 Å². The summed E-state index contributed by atoms with van der Waals surface area (Å²) in [4.78, 5) is 14.7. The number of ether oxygens (including phenoxy) is 1. The SMILES string of the molecule is COc1ccc(-c2cnc(N)nc2C2CCCN2Cc2ccc3[nH]ccc3c2)cc1. The highest BCUT2D eigenvalue weighted by atomic mass is 16.5. The fraction of sp³-hybridized carbons (Fsp3) is 0.250. The Kier molecular flexibility index (Phi) is 4.85. The fourth-order valence-corrected chi connectivity index (χ4v) is 4.42. The van der Waals surface area contributed by atoms with Crippen LogP contribution in [0.25, 0.3) is 22.0 Å². The van der Waals surface area contributed by atoms with E-state index >= 15 is 0 Å². The van der Waals surface area contributed by atoms with Crippen molar-refractivity contribution in [1.29, 1.82) is 0 Å². The highest BCUT2D eigenvalue weighted by Crippen LogP contribution is 2.38. The number of methoxy groups -OCH3 is 1. The van der Waals surface area contributed by atoms with Crippen molar-refractivity contribution >= 4 is 16.9 Å². The first-order valence-electron chi connectivity index (χ1n) is 10.3. The molecule has 6 heteroatoms. The zero-order valence-corrected chi connectivity index (χ0v) is 17.0. The van der Waals surface area contributed by atoms with Gasteiger partial charge in [-0.3, -0.25) is 4.90 Å². The predicted octanol–water partition coefficient (Wildman–Crippen LogP) is 4.55.